The number of hydrogen-bond donors (Lipinski definition) is 0. The second-order valence-electron chi connectivity index (χ2n) is 6.92. The van der Waals surface area contributed by atoms with E-state index in [0.29, 0.717) is 23.7 Å². The number of fused-ring (bicyclic) bond motifs is 5. The van der Waals surface area contributed by atoms with Crippen LogP contribution in [0.1, 0.15) is 15.9 Å². The summed E-state index contributed by atoms with van der Waals surface area (Å²) in [7, 11) is 3.17. The zero-order valence-corrected chi connectivity index (χ0v) is 16.1. The van der Waals surface area contributed by atoms with E-state index in [-0.39, 0.29) is 5.91 Å². The van der Waals surface area contributed by atoms with Crippen molar-refractivity contribution >= 4 is 16.8 Å². The first kappa shape index (κ1) is 17.4. The van der Waals surface area contributed by atoms with Crippen LogP contribution >= 0.6 is 0 Å². The van der Waals surface area contributed by atoms with Crippen LogP contribution in [-0.2, 0) is 6.61 Å². The molecule has 1 aromatic heterocycles. The lowest BCUT2D eigenvalue weighted by atomic mass is 10.0. The molecule has 5 rings (SSSR count). The molecule has 0 atom stereocenters. The molecule has 0 fully saturated rings. The number of nitrogens with zero attached hydrogens (tertiary/aromatic N) is 1. The third-order valence-electron chi connectivity index (χ3n) is 5.24. The Hall–Kier alpha value is -3.73. The van der Waals surface area contributed by atoms with Crippen molar-refractivity contribution in [2.75, 3.05) is 14.2 Å². The third kappa shape index (κ3) is 2.74. The van der Waals surface area contributed by atoms with Gasteiger partial charge in [-0.15, -0.1) is 0 Å². The van der Waals surface area contributed by atoms with Gasteiger partial charge in [0.1, 0.15) is 23.9 Å². The lowest BCUT2D eigenvalue weighted by Gasteiger charge is -2.09. The summed E-state index contributed by atoms with van der Waals surface area (Å²) in [4.78, 5) is 13.1. The minimum atomic E-state index is -0.0832. The first-order valence-corrected chi connectivity index (χ1v) is 9.33. The molecule has 0 saturated heterocycles. The van der Waals surface area contributed by atoms with Crippen LogP contribution in [0.25, 0.3) is 22.2 Å². The molecule has 0 saturated carbocycles. The van der Waals surface area contributed by atoms with E-state index in [4.69, 9.17) is 14.2 Å². The molecule has 29 heavy (non-hydrogen) atoms. The summed E-state index contributed by atoms with van der Waals surface area (Å²) < 4.78 is 18.5. The maximum Gasteiger partial charge on any atom is 0.263 e. The van der Waals surface area contributed by atoms with E-state index >= 15 is 0 Å². The summed E-state index contributed by atoms with van der Waals surface area (Å²) in [6.45, 7) is 0.495. The van der Waals surface area contributed by atoms with Crippen molar-refractivity contribution in [1.29, 1.82) is 0 Å². The van der Waals surface area contributed by atoms with E-state index in [1.165, 1.54) is 0 Å². The van der Waals surface area contributed by atoms with Gasteiger partial charge >= 0.3 is 0 Å². The molecule has 5 nitrogen and oxygen atoms in total. The van der Waals surface area contributed by atoms with Gasteiger partial charge in [-0.05, 0) is 35.9 Å². The van der Waals surface area contributed by atoms with Gasteiger partial charge in [0.15, 0.2) is 0 Å². The van der Waals surface area contributed by atoms with Crippen molar-refractivity contribution in [3.63, 3.8) is 0 Å². The van der Waals surface area contributed by atoms with E-state index in [1.54, 1.807) is 30.9 Å². The summed E-state index contributed by atoms with van der Waals surface area (Å²) in [5.41, 5.74) is 4.15. The van der Waals surface area contributed by atoms with Gasteiger partial charge in [-0.25, -0.2) is 0 Å². The van der Waals surface area contributed by atoms with Crippen LogP contribution in [0.2, 0.25) is 0 Å². The Morgan fingerprint density at radius 2 is 1.69 bits per heavy atom. The Kier molecular flexibility index (Phi) is 4.02. The van der Waals surface area contributed by atoms with Crippen LogP contribution in [0.5, 0.6) is 17.2 Å². The van der Waals surface area contributed by atoms with Crippen LogP contribution in [0.3, 0.4) is 0 Å². The molecule has 5 heteroatoms. The Labute approximate surface area is 168 Å². The van der Waals surface area contributed by atoms with Gasteiger partial charge in [0.05, 0.1) is 36.6 Å². The summed E-state index contributed by atoms with van der Waals surface area (Å²) >= 11 is 0. The SMILES string of the molecule is COc1cc(OC)c2c(c1)C(=O)n1c-2cc2cc(OCc3ccccc3)ccc21. The third-order valence-corrected chi connectivity index (χ3v) is 5.24. The Morgan fingerprint density at radius 1 is 0.862 bits per heavy atom. The lowest BCUT2D eigenvalue weighted by Crippen LogP contribution is -2.06. The molecule has 1 aliphatic heterocycles. The molecule has 144 valence electrons. The molecule has 0 radical (unpaired) electrons. The number of methoxy groups -OCH3 is 2. The highest BCUT2D eigenvalue weighted by molar-refractivity contribution is 6.16. The zero-order chi connectivity index (χ0) is 20.0. The first-order valence-electron chi connectivity index (χ1n) is 9.33. The fourth-order valence-electron chi connectivity index (χ4n) is 3.85. The van der Waals surface area contributed by atoms with E-state index in [2.05, 4.69) is 0 Å². The first-order chi connectivity index (χ1) is 14.2. The number of aromatic nitrogens is 1. The summed E-state index contributed by atoms with van der Waals surface area (Å²) in [5.74, 6) is 1.90. The Morgan fingerprint density at radius 3 is 2.45 bits per heavy atom. The minimum Gasteiger partial charge on any atom is -0.497 e. The predicted molar refractivity (Wildman–Crippen MR) is 111 cm³/mol. The highest BCUT2D eigenvalue weighted by Crippen LogP contribution is 2.45. The number of rotatable bonds is 5. The molecular weight excluding hydrogens is 366 g/mol. The fourth-order valence-corrected chi connectivity index (χ4v) is 3.85. The lowest BCUT2D eigenvalue weighted by molar-refractivity contribution is 0.0973. The van der Waals surface area contributed by atoms with Gasteiger partial charge < -0.3 is 14.2 Å². The molecule has 0 bridgehead atoms. The molecule has 0 spiro atoms. The van der Waals surface area contributed by atoms with Crippen LogP contribution in [0, 0.1) is 0 Å². The molecular formula is C24H19NO4. The van der Waals surface area contributed by atoms with E-state index in [1.807, 2.05) is 54.6 Å². The maximum atomic E-state index is 13.1. The quantitative estimate of drug-likeness (QED) is 0.431. The van der Waals surface area contributed by atoms with Crippen LogP contribution in [0.4, 0.5) is 0 Å². The van der Waals surface area contributed by atoms with Crippen molar-refractivity contribution in [3.8, 4) is 28.5 Å². The van der Waals surface area contributed by atoms with Crippen LogP contribution in [-0.4, -0.2) is 24.7 Å². The maximum absolute atomic E-state index is 13.1. The second-order valence-corrected chi connectivity index (χ2v) is 6.92. The number of carbonyl (C=O) groups is 1. The second kappa shape index (κ2) is 6.71. The normalized spacial score (nSPS) is 12.0. The van der Waals surface area contributed by atoms with Gasteiger partial charge in [-0.1, -0.05) is 30.3 Å². The zero-order valence-electron chi connectivity index (χ0n) is 16.1. The van der Waals surface area contributed by atoms with Gasteiger partial charge in [0.2, 0.25) is 0 Å². The number of ether oxygens (including phenoxy) is 3. The molecule has 0 unspecified atom stereocenters. The Balaban J connectivity index is 1.55. The molecule has 1 aliphatic rings. The predicted octanol–water partition coefficient (Wildman–Crippen LogP) is 4.91. The number of carbonyl (C=O) groups excluding carboxylic acids is 1. The van der Waals surface area contributed by atoms with Crippen molar-refractivity contribution in [3.05, 3.63) is 77.9 Å². The smallest absolute Gasteiger partial charge is 0.263 e. The molecule has 0 amide bonds. The number of hydrogen-bond acceptors (Lipinski definition) is 4. The van der Waals surface area contributed by atoms with Gasteiger partial charge in [-0.2, -0.15) is 0 Å². The highest BCUT2D eigenvalue weighted by Gasteiger charge is 2.32. The fraction of sp³-hybridized carbons (Fsp3) is 0.125. The summed E-state index contributed by atoms with van der Waals surface area (Å²) in [5, 5.41) is 0.947. The van der Waals surface area contributed by atoms with E-state index in [9.17, 15) is 4.79 Å². The van der Waals surface area contributed by atoms with Crippen molar-refractivity contribution in [1.82, 2.24) is 4.57 Å². The average molecular weight is 385 g/mol. The monoisotopic (exact) mass is 385 g/mol. The average Bonchev–Trinajstić information content (AvgIpc) is 3.27. The Bertz CT molecular complexity index is 1240. The van der Waals surface area contributed by atoms with Crippen molar-refractivity contribution in [2.24, 2.45) is 0 Å². The molecule has 4 aromatic rings. The van der Waals surface area contributed by atoms with Crippen molar-refractivity contribution < 1.29 is 19.0 Å². The van der Waals surface area contributed by atoms with Gasteiger partial charge in [-0.3, -0.25) is 9.36 Å². The minimum absolute atomic E-state index is 0.0832. The summed E-state index contributed by atoms with van der Waals surface area (Å²) in [6, 6.07) is 21.4. The van der Waals surface area contributed by atoms with Gasteiger partial charge in [0, 0.05) is 11.5 Å². The summed E-state index contributed by atoms with van der Waals surface area (Å²) in [6.07, 6.45) is 0. The molecule has 0 aliphatic carbocycles. The standard InChI is InChI=1S/C24H19NO4/c1-27-18-12-19-23(22(13-18)28-2)21-11-16-10-17(8-9-20(16)25(21)24(19)26)29-14-15-6-4-3-5-7-15/h3-13H,14H2,1-2H3. The number of benzene rings is 3. The van der Waals surface area contributed by atoms with E-state index in [0.717, 1.165) is 33.5 Å². The van der Waals surface area contributed by atoms with E-state index < -0.39 is 0 Å². The molecule has 0 N–H and O–H groups in total. The highest BCUT2D eigenvalue weighted by atomic mass is 16.5. The van der Waals surface area contributed by atoms with Crippen molar-refractivity contribution in [2.45, 2.75) is 6.61 Å². The van der Waals surface area contributed by atoms with Crippen LogP contribution < -0.4 is 14.2 Å². The molecule has 3 aromatic carbocycles. The molecule has 2 heterocycles. The van der Waals surface area contributed by atoms with Gasteiger partial charge in [0.25, 0.3) is 5.91 Å². The van der Waals surface area contributed by atoms with Crippen LogP contribution in [0.15, 0.2) is 66.7 Å². The topological polar surface area (TPSA) is 49.7 Å². The largest absolute Gasteiger partial charge is 0.497 e.